The van der Waals surface area contributed by atoms with E-state index in [0.717, 1.165) is 31.2 Å². The molecule has 0 bridgehead atoms. The highest BCUT2D eigenvalue weighted by Crippen LogP contribution is 2.25. The van der Waals surface area contributed by atoms with Crippen molar-refractivity contribution in [2.24, 2.45) is 0 Å². The van der Waals surface area contributed by atoms with Crippen molar-refractivity contribution >= 4 is 15.9 Å². The molecule has 0 aromatic heterocycles. The molecule has 1 atom stereocenters. The summed E-state index contributed by atoms with van der Waals surface area (Å²) in [6.07, 6.45) is 6.62. The van der Waals surface area contributed by atoms with Crippen molar-refractivity contribution in [1.29, 1.82) is 0 Å². The van der Waals surface area contributed by atoms with Crippen LogP contribution in [-0.2, 0) is 28.6 Å². The quantitative estimate of drug-likeness (QED) is 0.760. The van der Waals surface area contributed by atoms with Crippen LogP contribution in [0.2, 0.25) is 0 Å². The molecule has 1 heterocycles. The van der Waals surface area contributed by atoms with Gasteiger partial charge in [0.15, 0.2) is 0 Å². The number of benzene rings is 2. The van der Waals surface area contributed by atoms with Crippen LogP contribution in [0.1, 0.15) is 71.3 Å². The van der Waals surface area contributed by atoms with Gasteiger partial charge in [0.25, 0.3) is 5.91 Å². The molecule has 0 radical (unpaired) electrons. The summed E-state index contributed by atoms with van der Waals surface area (Å²) in [6.45, 7) is 3.23. The molecule has 2 aromatic carbocycles. The number of rotatable bonds is 6. The molecular weight excluding hydrogens is 396 g/mol. The summed E-state index contributed by atoms with van der Waals surface area (Å²) in [5.74, 6) is -0.158. The maximum Gasteiger partial charge on any atom is 0.251 e. The van der Waals surface area contributed by atoms with E-state index in [9.17, 15) is 13.2 Å². The SMILES string of the molecule is C[C@@H](NC(=O)c1ccc(CS(=O)(=O)N2CCCC2)cc1)c1ccc2c(c1)CCCC2. The highest BCUT2D eigenvalue weighted by Gasteiger charge is 2.25. The number of hydrogen-bond acceptors (Lipinski definition) is 3. The van der Waals surface area contributed by atoms with E-state index in [1.165, 1.54) is 24.0 Å². The first-order chi connectivity index (χ1) is 14.4. The average Bonchev–Trinajstić information content (AvgIpc) is 3.29. The Morgan fingerprint density at radius 2 is 1.63 bits per heavy atom. The molecule has 2 aromatic rings. The monoisotopic (exact) mass is 426 g/mol. The smallest absolute Gasteiger partial charge is 0.251 e. The Morgan fingerprint density at radius 3 is 2.33 bits per heavy atom. The minimum absolute atomic E-state index is 0.0135. The zero-order valence-electron chi connectivity index (χ0n) is 17.6. The number of amides is 1. The molecule has 5 nitrogen and oxygen atoms in total. The minimum atomic E-state index is -3.28. The molecule has 0 saturated carbocycles. The molecule has 4 rings (SSSR count). The number of carbonyl (C=O) groups excluding carboxylic acids is 1. The Morgan fingerprint density at radius 1 is 0.967 bits per heavy atom. The molecule has 1 N–H and O–H groups in total. The van der Waals surface area contributed by atoms with E-state index in [0.29, 0.717) is 24.2 Å². The van der Waals surface area contributed by atoms with Crippen LogP contribution in [0.3, 0.4) is 0 Å². The van der Waals surface area contributed by atoms with Crippen molar-refractivity contribution in [2.75, 3.05) is 13.1 Å². The third-order valence-corrected chi connectivity index (χ3v) is 8.09. The number of fused-ring (bicyclic) bond motifs is 1. The number of hydrogen-bond donors (Lipinski definition) is 1. The number of nitrogens with one attached hydrogen (secondary N) is 1. The van der Waals surface area contributed by atoms with E-state index in [4.69, 9.17) is 0 Å². The van der Waals surface area contributed by atoms with Gasteiger partial charge in [0.2, 0.25) is 10.0 Å². The van der Waals surface area contributed by atoms with Crippen LogP contribution < -0.4 is 5.32 Å². The van der Waals surface area contributed by atoms with E-state index in [-0.39, 0.29) is 17.7 Å². The topological polar surface area (TPSA) is 66.5 Å². The van der Waals surface area contributed by atoms with Crippen LogP contribution in [0.25, 0.3) is 0 Å². The highest BCUT2D eigenvalue weighted by atomic mass is 32.2. The third kappa shape index (κ3) is 4.76. The van der Waals surface area contributed by atoms with Gasteiger partial charge >= 0.3 is 0 Å². The number of nitrogens with zero attached hydrogens (tertiary/aromatic N) is 1. The summed E-state index contributed by atoms with van der Waals surface area (Å²) in [5.41, 5.74) is 5.21. The summed E-state index contributed by atoms with van der Waals surface area (Å²) in [4.78, 5) is 12.7. The molecule has 1 aliphatic carbocycles. The first-order valence-corrected chi connectivity index (χ1v) is 12.5. The largest absolute Gasteiger partial charge is 0.346 e. The number of carbonyl (C=O) groups is 1. The van der Waals surface area contributed by atoms with Gasteiger partial charge < -0.3 is 5.32 Å². The molecule has 6 heteroatoms. The molecule has 30 heavy (non-hydrogen) atoms. The van der Waals surface area contributed by atoms with E-state index < -0.39 is 10.0 Å². The van der Waals surface area contributed by atoms with Crippen LogP contribution in [0.5, 0.6) is 0 Å². The first-order valence-electron chi connectivity index (χ1n) is 10.9. The van der Waals surface area contributed by atoms with Gasteiger partial charge in [-0.25, -0.2) is 12.7 Å². The van der Waals surface area contributed by atoms with Crippen molar-refractivity contribution in [1.82, 2.24) is 9.62 Å². The molecule has 1 amide bonds. The molecular formula is C24H30N2O3S. The Bertz CT molecular complexity index is 1010. The van der Waals surface area contributed by atoms with Gasteiger partial charge in [0.1, 0.15) is 0 Å². The van der Waals surface area contributed by atoms with Gasteiger partial charge in [-0.1, -0.05) is 30.3 Å². The maximum absolute atomic E-state index is 12.7. The first kappa shape index (κ1) is 21.1. The van der Waals surface area contributed by atoms with E-state index in [2.05, 4.69) is 23.5 Å². The van der Waals surface area contributed by atoms with Gasteiger partial charge in [-0.3, -0.25) is 4.79 Å². The van der Waals surface area contributed by atoms with Crippen LogP contribution in [0, 0.1) is 0 Å². The van der Waals surface area contributed by atoms with Gasteiger partial charge in [-0.15, -0.1) is 0 Å². The average molecular weight is 427 g/mol. The molecule has 1 fully saturated rings. The summed E-state index contributed by atoms with van der Waals surface area (Å²) in [5, 5.41) is 3.07. The highest BCUT2D eigenvalue weighted by molar-refractivity contribution is 7.88. The molecule has 2 aliphatic rings. The molecule has 0 unspecified atom stereocenters. The summed E-state index contributed by atoms with van der Waals surface area (Å²) in [6, 6.07) is 13.4. The number of sulfonamides is 1. The molecule has 160 valence electrons. The number of aryl methyl sites for hydroxylation is 2. The van der Waals surface area contributed by atoms with Crippen molar-refractivity contribution in [2.45, 2.75) is 57.2 Å². The van der Waals surface area contributed by atoms with Gasteiger partial charge in [0.05, 0.1) is 11.8 Å². The fourth-order valence-electron chi connectivity index (χ4n) is 4.41. The van der Waals surface area contributed by atoms with E-state index >= 15 is 0 Å². The van der Waals surface area contributed by atoms with Crippen LogP contribution in [0.4, 0.5) is 0 Å². The van der Waals surface area contributed by atoms with Crippen LogP contribution in [-0.4, -0.2) is 31.7 Å². The predicted octanol–water partition coefficient (Wildman–Crippen LogP) is 3.98. The van der Waals surface area contributed by atoms with Crippen molar-refractivity contribution in [3.8, 4) is 0 Å². The summed E-state index contributed by atoms with van der Waals surface area (Å²) >= 11 is 0. The van der Waals surface area contributed by atoms with Gasteiger partial charge in [-0.05, 0) is 79.8 Å². The van der Waals surface area contributed by atoms with Crippen molar-refractivity contribution in [3.63, 3.8) is 0 Å². The fourth-order valence-corrected chi connectivity index (χ4v) is 6.02. The lowest BCUT2D eigenvalue weighted by atomic mass is 9.89. The second-order valence-corrected chi connectivity index (χ2v) is 10.5. The normalized spacial score (nSPS) is 18.0. The lowest BCUT2D eigenvalue weighted by Crippen LogP contribution is -2.29. The second-order valence-electron chi connectivity index (χ2n) is 8.49. The molecule has 0 spiro atoms. The van der Waals surface area contributed by atoms with Crippen molar-refractivity contribution < 1.29 is 13.2 Å². The maximum atomic E-state index is 12.7. The van der Waals surface area contributed by atoms with Crippen molar-refractivity contribution in [3.05, 3.63) is 70.3 Å². The standard InChI is InChI=1S/C24H30N2O3S/c1-18(22-13-12-20-6-2-3-7-23(20)16-22)25-24(27)21-10-8-19(9-11-21)17-30(28,29)26-14-4-5-15-26/h8-13,16,18H,2-7,14-15,17H2,1H3,(H,25,27)/t18-/m1/s1. The Hall–Kier alpha value is -2.18. The summed E-state index contributed by atoms with van der Waals surface area (Å²) in [7, 11) is -3.28. The molecule has 1 saturated heterocycles. The molecule has 1 aliphatic heterocycles. The minimum Gasteiger partial charge on any atom is -0.346 e. The zero-order valence-corrected chi connectivity index (χ0v) is 18.4. The second kappa shape index (κ2) is 8.90. The van der Waals surface area contributed by atoms with Crippen LogP contribution >= 0.6 is 0 Å². The Labute approximate surface area is 179 Å². The summed E-state index contributed by atoms with van der Waals surface area (Å²) < 4.78 is 26.5. The van der Waals surface area contributed by atoms with E-state index in [1.54, 1.807) is 28.6 Å². The van der Waals surface area contributed by atoms with Gasteiger partial charge in [-0.2, -0.15) is 0 Å². The Balaban J connectivity index is 1.39. The fraction of sp³-hybridized carbons (Fsp3) is 0.458. The Kier molecular flexibility index (Phi) is 6.25. The predicted molar refractivity (Wildman–Crippen MR) is 119 cm³/mol. The zero-order chi connectivity index (χ0) is 21.1. The van der Waals surface area contributed by atoms with Gasteiger partial charge in [0, 0.05) is 18.7 Å². The van der Waals surface area contributed by atoms with E-state index in [1.807, 2.05) is 6.92 Å². The third-order valence-electron chi connectivity index (χ3n) is 6.24. The lowest BCUT2D eigenvalue weighted by molar-refractivity contribution is 0.0940. The van der Waals surface area contributed by atoms with Crippen LogP contribution in [0.15, 0.2) is 42.5 Å². The lowest BCUT2D eigenvalue weighted by Gasteiger charge is -2.20.